The Morgan fingerprint density at radius 1 is 1.08 bits per heavy atom. The van der Waals surface area contributed by atoms with Gasteiger partial charge >= 0.3 is 0 Å². The first kappa shape index (κ1) is 14.6. The molecule has 7 heteroatoms. The average molecular weight is 335 g/mol. The van der Waals surface area contributed by atoms with Crippen LogP contribution in [-0.2, 0) is 0 Å². The van der Waals surface area contributed by atoms with E-state index in [1.165, 1.54) is 12.8 Å². The molecule has 2 atom stereocenters. The van der Waals surface area contributed by atoms with Crippen LogP contribution < -0.4 is 9.80 Å². The van der Waals surface area contributed by atoms with Crippen LogP contribution in [0.4, 0.5) is 11.8 Å². The summed E-state index contributed by atoms with van der Waals surface area (Å²) in [4.78, 5) is 18.6. The minimum atomic E-state index is 0.469. The zero-order chi connectivity index (χ0) is 16.8. The molecule has 0 saturated carbocycles. The molecular weight excluding hydrogens is 314 g/mol. The highest BCUT2D eigenvalue weighted by Gasteiger charge is 2.39. The van der Waals surface area contributed by atoms with Crippen LogP contribution in [0.1, 0.15) is 18.4 Å². The molecule has 5 heterocycles. The van der Waals surface area contributed by atoms with Crippen LogP contribution in [0.3, 0.4) is 0 Å². The molecule has 2 unspecified atom stereocenters. The number of aromatic nitrogens is 5. The Kier molecular flexibility index (Phi) is 3.33. The van der Waals surface area contributed by atoms with E-state index in [2.05, 4.69) is 30.9 Å². The Morgan fingerprint density at radius 2 is 1.92 bits per heavy atom. The summed E-state index contributed by atoms with van der Waals surface area (Å²) in [6, 6.07) is 4.49. The molecule has 2 aliphatic heterocycles. The van der Waals surface area contributed by atoms with Gasteiger partial charge in [0.2, 0.25) is 5.95 Å². The molecular formula is C18H21N7. The maximum absolute atomic E-state index is 4.79. The summed E-state index contributed by atoms with van der Waals surface area (Å²) in [6.07, 6.45) is 10.0. The molecule has 5 rings (SSSR count). The van der Waals surface area contributed by atoms with Crippen molar-refractivity contribution >= 4 is 17.4 Å². The van der Waals surface area contributed by atoms with Crippen LogP contribution in [0.25, 0.3) is 5.65 Å². The highest BCUT2D eigenvalue weighted by molar-refractivity contribution is 5.50. The highest BCUT2D eigenvalue weighted by Crippen LogP contribution is 2.35. The predicted octanol–water partition coefficient (Wildman–Crippen LogP) is 1.93. The zero-order valence-corrected chi connectivity index (χ0v) is 14.3. The van der Waals surface area contributed by atoms with Gasteiger partial charge in [0.05, 0.1) is 12.2 Å². The van der Waals surface area contributed by atoms with E-state index in [1.807, 2.05) is 36.1 Å². The quantitative estimate of drug-likeness (QED) is 0.713. The fourth-order valence-electron chi connectivity index (χ4n) is 4.12. The van der Waals surface area contributed by atoms with Crippen LogP contribution in [0.2, 0.25) is 0 Å². The summed E-state index contributed by atoms with van der Waals surface area (Å²) in [6.45, 7) is 5.08. The van der Waals surface area contributed by atoms with E-state index in [-0.39, 0.29) is 0 Å². The van der Waals surface area contributed by atoms with Gasteiger partial charge in [-0.1, -0.05) is 0 Å². The first-order chi connectivity index (χ1) is 12.3. The molecule has 0 spiro atoms. The maximum Gasteiger partial charge on any atom is 0.225 e. The van der Waals surface area contributed by atoms with Gasteiger partial charge in [-0.05, 0) is 37.3 Å². The molecule has 3 aromatic heterocycles. The first-order valence-corrected chi connectivity index (χ1v) is 8.88. The van der Waals surface area contributed by atoms with Gasteiger partial charge in [0.1, 0.15) is 5.82 Å². The summed E-state index contributed by atoms with van der Waals surface area (Å²) in [5.74, 6) is 2.62. The second-order valence-corrected chi connectivity index (χ2v) is 7.02. The van der Waals surface area contributed by atoms with E-state index in [4.69, 9.17) is 4.98 Å². The number of nitrogens with zero attached hydrogens (tertiary/aromatic N) is 7. The average Bonchev–Trinajstić information content (AvgIpc) is 3.27. The minimum Gasteiger partial charge on any atom is -0.351 e. The topological polar surface area (TPSA) is 62.5 Å². The number of piperidine rings is 1. The fourth-order valence-corrected chi connectivity index (χ4v) is 4.12. The van der Waals surface area contributed by atoms with Gasteiger partial charge in [-0.2, -0.15) is 5.10 Å². The van der Waals surface area contributed by atoms with Crippen LogP contribution in [0.15, 0.2) is 36.9 Å². The fraction of sp³-hybridized carbons (Fsp3) is 0.444. The lowest BCUT2D eigenvalue weighted by Gasteiger charge is -2.38. The molecule has 3 aromatic rings. The van der Waals surface area contributed by atoms with Gasteiger partial charge in [0, 0.05) is 44.3 Å². The van der Waals surface area contributed by atoms with Crippen molar-refractivity contribution in [1.82, 2.24) is 24.6 Å². The van der Waals surface area contributed by atoms with Crippen molar-refractivity contribution in [2.45, 2.75) is 25.8 Å². The molecule has 7 nitrogen and oxygen atoms in total. The predicted molar refractivity (Wildman–Crippen MR) is 95.8 cm³/mol. The Morgan fingerprint density at radius 3 is 2.80 bits per heavy atom. The molecule has 0 aromatic carbocycles. The summed E-state index contributed by atoms with van der Waals surface area (Å²) >= 11 is 0. The normalized spacial score (nSPS) is 23.2. The van der Waals surface area contributed by atoms with Gasteiger partial charge < -0.3 is 9.80 Å². The third-order valence-corrected chi connectivity index (χ3v) is 5.45. The molecule has 25 heavy (non-hydrogen) atoms. The van der Waals surface area contributed by atoms with Crippen molar-refractivity contribution in [3.63, 3.8) is 0 Å². The summed E-state index contributed by atoms with van der Waals surface area (Å²) in [5.41, 5.74) is 2.00. The van der Waals surface area contributed by atoms with Gasteiger partial charge in [-0.15, -0.1) is 0 Å². The van der Waals surface area contributed by atoms with E-state index < -0.39 is 0 Å². The van der Waals surface area contributed by atoms with E-state index in [0.717, 1.165) is 48.5 Å². The number of anilines is 2. The van der Waals surface area contributed by atoms with Crippen molar-refractivity contribution in [3.05, 3.63) is 42.5 Å². The zero-order valence-electron chi connectivity index (χ0n) is 14.3. The minimum absolute atomic E-state index is 0.469. The van der Waals surface area contributed by atoms with Gasteiger partial charge in [-0.25, -0.2) is 19.5 Å². The second-order valence-electron chi connectivity index (χ2n) is 7.02. The van der Waals surface area contributed by atoms with E-state index in [9.17, 15) is 0 Å². The summed E-state index contributed by atoms with van der Waals surface area (Å²) in [7, 11) is 0. The highest BCUT2D eigenvalue weighted by atomic mass is 15.3. The number of aryl methyl sites for hydroxylation is 1. The molecule has 0 N–H and O–H groups in total. The Balaban J connectivity index is 1.42. The first-order valence-electron chi connectivity index (χ1n) is 8.88. The lowest BCUT2D eigenvalue weighted by molar-refractivity contribution is 0.387. The van der Waals surface area contributed by atoms with E-state index in [1.54, 1.807) is 6.20 Å². The van der Waals surface area contributed by atoms with Crippen molar-refractivity contribution in [3.8, 4) is 0 Å². The van der Waals surface area contributed by atoms with Crippen molar-refractivity contribution < 1.29 is 0 Å². The lowest BCUT2D eigenvalue weighted by Crippen LogP contribution is -2.49. The summed E-state index contributed by atoms with van der Waals surface area (Å²) < 4.78 is 1.81. The van der Waals surface area contributed by atoms with Crippen LogP contribution in [0.5, 0.6) is 0 Å². The Hall–Kier alpha value is -2.70. The monoisotopic (exact) mass is 335 g/mol. The molecule has 0 bridgehead atoms. The molecule has 2 saturated heterocycles. The Bertz CT molecular complexity index is 888. The lowest BCUT2D eigenvalue weighted by atomic mass is 9.92. The molecule has 2 fully saturated rings. The third kappa shape index (κ3) is 2.50. The molecule has 2 aliphatic rings. The molecule has 0 radical (unpaired) electrons. The molecule has 0 amide bonds. The second kappa shape index (κ2) is 5.68. The maximum atomic E-state index is 4.79. The number of hydrogen-bond acceptors (Lipinski definition) is 6. The largest absolute Gasteiger partial charge is 0.351 e. The van der Waals surface area contributed by atoms with Gasteiger partial charge in [0.15, 0.2) is 5.65 Å². The SMILES string of the molecule is Cc1cnc(N2CCC3CCN(c4ccn5nccc5n4)C3C2)nc1. The van der Waals surface area contributed by atoms with Crippen molar-refractivity contribution in [2.75, 3.05) is 29.4 Å². The van der Waals surface area contributed by atoms with Crippen molar-refractivity contribution in [1.29, 1.82) is 0 Å². The van der Waals surface area contributed by atoms with E-state index >= 15 is 0 Å². The van der Waals surface area contributed by atoms with Gasteiger partial charge in [-0.3, -0.25) is 0 Å². The number of fused-ring (bicyclic) bond motifs is 2. The molecule has 128 valence electrons. The van der Waals surface area contributed by atoms with Gasteiger partial charge in [0.25, 0.3) is 0 Å². The smallest absolute Gasteiger partial charge is 0.225 e. The van der Waals surface area contributed by atoms with Crippen LogP contribution in [-0.4, -0.2) is 50.2 Å². The van der Waals surface area contributed by atoms with E-state index in [0.29, 0.717) is 6.04 Å². The number of rotatable bonds is 2. The van der Waals surface area contributed by atoms with Crippen molar-refractivity contribution in [2.24, 2.45) is 5.92 Å². The Labute approximate surface area is 146 Å². The van der Waals surface area contributed by atoms with Crippen LogP contribution in [0, 0.1) is 12.8 Å². The number of hydrogen-bond donors (Lipinski definition) is 0. The van der Waals surface area contributed by atoms with Crippen LogP contribution >= 0.6 is 0 Å². The third-order valence-electron chi connectivity index (χ3n) is 5.45. The standard InChI is InChI=1S/C18H21N7/c1-13-10-19-18(20-11-13)23-7-3-14-4-8-24(15(14)12-23)16-5-9-25-17(22-16)2-6-21-25/h2,5-6,9-11,14-15H,3-4,7-8,12H2,1H3. The summed E-state index contributed by atoms with van der Waals surface area (Å²) in [5, 5.41) is 4.24. The molecule has 0 aliphatic carbocycles.